The van der Waals surface area contributed by atoms with E-state index in [2.05, 4.69) is 27.8 Å². The van der Waals surface area contributed by atoms with Gasteiger partial charge in [0.05, 0.1) is 17.1 Å². The molecule has 1 aromatic heterocycles. The molecule has 1 unspecified atom stereocenters. The average molecular weight is 251 g/mol. The van der Waals surface area contributed by atoms with Gasteiger partial charge in [0.2, 0.25) is 0 Å². The van der Waals surface area contributed by atoms with Gasteiger partial charge < -0.3 is 10.3 Å². The molecule has 1 atom stereocenters. The first-order valence-corrected chi connectivity index (χ1v) is 6.46. The maximum atomic E-state index is 6.31. The van der Waals surface area contributed by atoms with Crippen molar-refractivity contribution in [1.82, 2.24) is 9.55 Å². The lowest BCUT2D eigenvalue weighted by Crippen LogP contribution is -2.17. The van der Waals surface area contributed by atoms with E-state index in [0.717, 1.165) is 23.3 Å². The Bertz CT molecular complexity index is 686. The molecule has 2 N–H and O–H groups in total. The fraction of sp³-hybridized carbons (Fsp3) is 0.188. The van der Waals surface area contributed by atoms with Crippen LogP contribution in [0.2, 0.25) is 0 Å². The van der Waals surface area contributed by atoms with Gasteiger partial charge in [0, 0.05) is 7.05 Å². The maximum absolute atomic E-state index is 6.31. The largest absolute Gasteiger partial charge is 0.330 e. The normalized spacial score (nSPS) is 12.7. The molecule has 0 fully saturated rings. The van der Waals surface area contributed by atoms with Crippen molar-refractivity contribution in [3.8, 4) is 0 Å². The van der Waals surface area contributed by atoms with E-state index in [-0.39, 0.29) is 6.04 Å². The molecular weight excluding hydrogens is 234 g/mol. The summed E-state index contributed by atoms with van der Waals surface area (Å²) in [6.45, 7) is 0. The minimum atomic E-state index is -0.0835. The maximum Gasteiger partial charge on any atom is 0.126 e. The molecular formula is C16H17N3. The smallest absolute Gasteiger partial charge is 0.126 e. The zero-order valence-corrected chi connectivity index (χ0v) is 11.0. The topological polar surface area (TPSA) is 43.8 Å². The van der Waals surface area contributed by atoms with Crippen molar-refractivity contribution >= 4 is 11.0 Å². The van der Waals surface area contributed by atoms with Crippen molar-refractivity contribution < 1.29 is 0 Å². The Morgan fingerprint density at radius 3 is 2.47 bits per heavy atom. The molecule has 96 valence electrons. The van der Waals surface area contributed by atoms with Crippen LogP contribution >= 0.6 is 0 Å². The van der Waals surface area contributed by atoms with Gasteiger partial charge in [-0.15, -0.1) is 0 Å². The fourth-order valence-electron chi connectivity index (χ4n) is 2.46. The highest BCUT2D eigenvalue weighted by Gasteiger charge is 2.14. The quantitative estimate of drug-likeness (QED) is 0.778. The molecule has 2 aromatic carbocycles. The van der Waals surface area contributed by atoms with Crippen LogP contribution in [0.5, 0.6) is 0 Å². The van der Waals surface area contributed by atoms with E-state index in [4.69, 9.17) is 5.73 Å². The number of rotatable bonds is 3. The van der Waals surface area contributed by atoms with E-state index >= 15 is 0 Å². The Kier molecular flexibility index (Phi) is 3.05. The standard InChI is InChI=1S/C16H17N3/c1-19-15-10-6-5-9-14(15)18-16(19)13(17)11-12-7-3-2-4-8-12/h2-10,13H,11,17H2,1H3. The zero-order valence-electron chi connectivity index (χ0n) is 11.0. The highest BCUT2D eigenvalue weighted by Crippen LogP contribution is 2.20. The van der Waals surface area contributed by atoms with Gasteiger partial charge in [0.25, 0.3) is 0 Å². The molecule has 1 heterocycles. The van der Waals surface area contributed by atoms with Crippen LogP contribution in [0.15, 0.2) is 54.6 Å². The lowest BCUT2D eigenvalue weighted by atomic mass is 10.1. The third-order valence-electron chi connectivity index (χ3n) is 3.45. The minimum Gasteiger partial charge on any atom is -0.330 e. The molecule has 0 amide bonds. The molecule has 0 aliphatic heterocycles. The summed E-state index contributed by atoms with van der Waals surface area (Å²) in [5.41, 5.74) is 9.68. The number of fused-ring (bicyclic) bond motifs is 1. The second-order valence-electron chi connectivity index (χ2n) is 4.81. The van der Waals surface area contributed by atoms with Gasteiger partial charge in [0.15, 0.2) is 0 Å². The van der Waals surface area contributed by atoms with E-state index in [1.165, 1.54) is 5.56 Å². The number of hydrogen-bond acceptors (Lipinski definition) is 2. The third kappa shape index (κ3) is 2.25. The van der Waals surface area contributed by atoms with Gasteiger partial charge in [-0.25, -0.2) is 4.98 Å². The highest BCUT2D eigenvalue weighted by molar-refractivity contribution is 5.75. The van der Waals surface area contributed by atoms with Crippen LogP contribution < -0.4 is 5.73 Å². The summed E-state index contributed by atoms with van der Waals surface area (Å²) in [5, 5.41) is 0. The van der Waals surface area contributed by atoms with Crippen molar-refractivity contribution in [2.75, 3.05) is 0 Å². The van der Waals surface area contributed by atoms with Gasteiger partial charge >= 0.3 is 0 Å². The summed E-state index contributed by atoms with van der Waals surface area (Å²) in [7, 11) is 2.02. The SMILES string of the molecule is Cn1c(C(N)Cc2ccccc2)nc2ccccc21. The van der Waals surface area contributed by atoms with Crippen molar-refractivity contribution in [2.24, 2.45) is 12.8 Å². The Hall–Kier alpha value is -2.13. The molecule has 0 radical (unpaired) electrons. The summed E-state index contributed by atoms with van der Waals surface area (Å²) < 4.78 is 2.09. The van der Waals surface area contributed by atoms with Crippen molar-refractivity contribution in [3.05, 3.63) is 66.0 Å². The van der Waals surface area contributed by atoms with Crippen LogP contribution in [-0.4, -0.2) is 9.55 Å². The lowest BCUT2D eigenvalue weighted by molar-refractivity contribution is 0.638. The van der Waals surface area contributed by atoms with Gasteiger partial charge in [-0.2, -0.15) is 0 Å². The number of para-hydroxylation sites is 2. The molecule has 3 heteroatoms. The van der Waals surface area contributed by atoms with E-state index in [9.17, 15) is 0 Å². The third-order valence-corrected chi connectivity index (χ3v) is 3.45. The second kappa shape index (κ2) is 4.86. The van der Waals surface area contributed by atoms with Crippen LogP contribution in [0.1, 0.15) is 17.4 Å². The Morgan fingerprint density at radius 2 is 1.74 bits per heavy atom. The number of hydrogen-bond donors (Lipinski definition) is 1. The van der Waals surface area contributed by atoms with Crippen LogP contribution in [0.3, 0.4) is 0 Å². The van der Waals surface area contributed by atoms with Crippen LogP contribution in [0, 0.1) is 0 Å². The van der Waals surface area contributed by atoms with Gasteiger partial charge in [-0.1, -0.05) is 42.5 Å². The molecule has 0 aliphatic carbocycles. The van der Waals surface area contributed by atoms with Crippen molar-refractivity contribution in [3.63, 3.8) is 0 Å². The van der Waals surface area contributed by atoms with Gasteiger partial charge in [0.1, 0.15) is 5.82 Å². The molecule has 19 heavy (non-hydrogen) atoms. The Labute approximate surface area is 112 Å². The molecule has 0 saturated heterocycles. The monoisotopic (exact) mass is 251 g/mol. The molecule has 0 aliphatic rings. The molecule has 3 nitrogen and oxygen atoms in total. The molecule has 0 saturated carbocycles. The average Bonchev–Trinajstić information content (AvgIpc) is 2.78. The molecule has 0 bridgehead atoms. The minimum absolute atomic E-state index is 0.0835. The number of nitrogens with two attached hydrogens (primary N) is 1. The molecule has 3 aromatic rings. The summed E-state index contributed by atoms with van der Waals surface area (Å²) in [6, 6.07) is 18.3. The van der Waals surface area contributed by atoms with E-state index < -0.39 is 0 Å². The first-order valence-electron chi connectivity index (χ1n) is 6.46. The van der Waals surface area contributed by atoms with Crippen LogP contribution in [0.4, 0.5) is 0 Å². The number of nitrogens with zero attached hydrogens (tertiary/aromatic N) is 2. The summed E-state index contributed by atoms with van der Waals surface area (Å²) in [5.74, 6) is 0.935. The fourth-order valence-corrected chi connectivity index (χ4v) is 2.46. The lowest BCUT2D eigenvalue weighted by Gasteiger charge is -2.11. The number of aromatic nitrogens is 2. The summed E-state index contributed by atoms with van der Waals surface area (Å²) in [4.78, 5) is 4.65. The molecule has 0 spiro atoms. The first kappa shape index (κ1) is 11.9. The predicted octanol–water partition coefficient (Wildman–Crippen LogP) is 2.82. The van der Waals surface area contributed by atoms with E-state index in [1.807, 2.05) is 43.4 Å². The van der Waals surface area contributed by atoms with Gasteiger partial charge in [-0.3, -0.25) is 0 Å². The second-order valence-corrected chi connectivity index (χ2v) is 4.81. The first-order chi connectivity index (χ1) is 9.25. The van der Waals surface area contributed by atoms with Crippen LogP contribution in [0.25, 0.3) is 11.0 Å². The number of aryl methyl sites for hydroxylation is 1. The van der Waals surface area contributed by atoms with Crippen LogP contribution in [-0.2, 0) is 13.5 Å². The number of imidazole rings is 1. The van der Waals surface area contributed by atoms with E-state index in [0.29, 0.717) is 0 Å². The van der Waals surface area contributed by atoms with E-state index in [1.54, 1.807) is 0 Å². The predicted molar refractivity (Wildman–Crippen MR) is 77.8 cm³/mol. The number of benzene rings is 2. The molecule has 3 rings (SSSR count). The van der Waals surface area contributed by atoms with Crippen molar-refractivity contribution in [2.45, 2.75) is 12.5 Å². The van der Waals surface area contributed by atoms with Crippen molar-refractivity contribution in [1.29, 1.82) is 0 Å². The Balaban J connectivity index is 1.93. The Morgan fingerprint density at radius 1 is 1.05 bits per heavy atom. The highest BCUT2D eigenvalue weighted by atomic mass is 15.1. The summed E-state index contributed by atoms with van der Waals surface area (Å²) in [6.07, 6.45) is 0.804. The summed E-state index contributed by atoms with van der Waals surface area (Å²) >= 11 is 0. The van der Waals surface area contributed by atoms with Gasteiger partial charge in [-0.05, 0) is 24.1 Å². The zero-order chi connectivity index (χ0) is 13.2.